The Morgan fingerprint density at radius 1 is 0.909 bits per heavy atom. The summed E-state index contributed by atoms with van der Waals surface area (Å²) >= 11 is 0. The summed E-state index contributed by atoms with van der Waals surface area (Å²) in [5, 5.41) is 9.22. The molecule has 33 heavy (non-hydrogen) atoms. The van der Waals surface area contributed by atoms with Gasteiger partial charge in [-0.15, -0.1) is 0 Å². The van der Waals surface area contributed by atoms with Crippen LogP contribution in [0.15, 0.2) is 36.7 Å². The summed E-state index contributed by atoms with van der Waals surface area (Å²) in [7, 11) is 0. The second-order valence-electron chi connectivity index (χ2n) is 9.06. The molecule has 0 spiro atoms. The van der Waals surface area contributed by atoms with E-state index in [4.69, 9.17) is 4.74 Å². The summed E-state index contributed by atoms with van der Waals surface area (Å²) in [6.07, 6.45) is 18.6. The van der Waals surface area contributed by atoms with E-state index in [1.807, 2.05) is 30.6 Å². The lowest BCUT2D eigenvalue weighted by Crippen LogP contribution is -2.29. The van der Waals surface area contributed by atoms with E-state index in [0.29, 0.717) is 18.0 Å². The summed E-state index contributed by atoms with van der Waals surface area (Å²) in [4.78, 5) is 21.2. The Morgan fingerprint density at radius 3 is 1.97 bits per heavy atom. The molecule has 1 aromatic carbocycles. The van der Waals surface area contributed by atoms with Crippen LogP contribution in [-0.4, -0.2) is 15.9 Å². The van der Waals surface area contributed by atoms with E-state index in [1.165, 1.54) is 69.8 Å². The summed E-state index contributed by atoms with van der Waals surface area (Å²) < 4.78 is 5.37. The molecule has 178 valence electrons. The van der Waals surface area contributed by atoms with Crippen molar-refractivity contribution in [3.8, 4) is 23.2 Å². The van der Waals surface area contributed by atoms with Gasteiger partial charge in [0.15, 0.2) is 11.2 Å². The van der Waals surface area contributed by atoms with Crippen molar-refractivity contribution in [1.29, 1.82) is 5.26 Å². The molecule has 0 radical (unpaired) electrons. The van der Waals surface area contributed by atoms with Gasteiger partial charge in [-0.1, -0.05) is 71.6 Å². The molecular formula is C28H39N3O2. The van der Waals surface area contributed by atoms with Crippen LogP contribution in [0.4, 0.5) is 0 Å². The number of carbonyl (C=O) groups excluding carboxylic acids is 1. The number of aryl methyl sites for hydroxylation is 1. The van der Waals surface area contributed by atoms with E-state index in [0.717, 1.165) is 12.0 Å². The van der Waals surface area contributed by atoms with Crippen molar-refractivity contribution in [2.45, 2.75) is 97.8 Å². The second-order valence-corrected chi connectivity index (χ2v) is 9.06. The Balaban J connectivity index is 1.73. The standard InChI is InChI=1S/C28H39N3O2/c1-4-6-7-8-9-10-11-12-13-14-15-23-20-30-26(31-21-23)24-16-18-25(19-17-24)33-27(32)28(3,5-2)22-29/h16-21H,4-15H2,1-3H3. The maximum absolute atomic E-state index is 12.2. The SMILES string of the molecule is CCCCCCCCCCCCc1cnc(-c2ccc(OC(=O)C(C)(C#N)CC)cc2)nc1. The first kappa shape index (κ1) is 26.5. The Labute approximate surface area is 199 Å². The molecule has 1 aromatic heterocycles. The molecule has 2 aromatic rings. The first-order valence-electron chi connectivity index (χ1n) is 12.6. The third kappa shape index (κ3) is 8.96. The minimum Gasteiger partial charge on any atom is -0.425 e. The summed E-state index contributed by atoms with van der Waals surface area (Å²) in [5.41, 5.74) is 0.893. The summed E-state index contributed by atoms with van der Waals surface area (Å²) in [6, 6.07) is 9.11. The van der Waals surface area contributed by atoms with Crippen LogP contribution in [0.1, 0.15) is 97.0 Å². The predicted molar refractivity (Wildman–Crippen MR) is 133 cm³/mol. The monoisotopic (exact) mass is 449 g/mol. The quantitative estimate of drug-likeness (QED) is 0.160. The van der Waals surface area contributed by atoms with Gasteiger partial charge in [-0.2, -0.15) is 5.26 Å². The normalized spacial score (nSPS) is 12.7. The maximum Gasteiger partial charge on any atom is 0.331 e. The van der Waals surface area contributed by atoms with E-state index < -0.39 is 11.4 Å². The zero-order valence-electron chi connectivity index (χ0n) is 20.6. The van der Waals surface area contributed by atoms with Gasteiger partial charge in [-0.25, -0.2) is 14.8 Å². The zero-order valence-corrected chi connectivity index (χ0v) is 20.6. The molecule has 0 aliphatic heterocycles. The number of hydrogen-bond donors (Lipinski definition) is 0. The molecule has 0 saturated carbocycles. The van der Waals surface area contributed by atoms with Crippen LogP contribution in [0.5, 0.6) is 5.75 Å². The van der Waals surface area contributed by atoms with E-state index in [2.05, 4.69) is 16.9 Å². The number of carbonyl (C=O) groups is 1. The third-order valence-electron chi connectivity index (χ3n) is 6.25. The first-order chi connectivity index (χ1) is 16.0. The van der Waals surface area contributed by atoms with E-state index >= 15 is 0 Å². The predicted octanol–water partition coefficient (Wildman–Crippen LogP) is 7.45. The molecule has 0 N–H and O–H groups in total. The third-order valence-corrected chi connectivity index (χ3v) is 6.25. The largest absolute Gasteiger partial charge is 0.425 e. The van der Waals surface area contributed by atoms with Crippen LogP contribution in [0.25, 0.3) is 11.4 Å². The number of nitriles is 1. The van der Waals surface area contributed by atoms with Gasteiger partial charge in [-0.3, -0.25) is 0 Å². The average molecular weight is 450 g/mol. The van der Waals surface area contributed by atoms with Gasteiger partial charge in [-0.05, 0) is 56.0 Å². The molecule has 0 amide bonds. The van der Waals surface area contributed by atoms with Crippen molar-refractivity contribution in [2.75, 3.05) is 0 Å². The van der Waals surface area contributed by atoms with Crippen LogP contribution < -0.4 is 4.74 Å². The zero-order chi connectivity index (χ0) is 23.9. The highest BCUT2D eigenvalue weighted by molar-refractivity contribution is 5.81. The topological polar surface area (TPSA) is 75.9 Å². The van der Waals surface area contributed by atoms with Crippen molar-refractivity contribution in [3.05, 3.63) is 42.2 Å². The molecule has 0 aliphatic rings. The molecule has 1 unspecified atom stereocenters. The second kappa shape index (κ2) is 14.4. The van der Waals surface area contributed by atoms with Crippen LogP contribution >= 0.6 is 0 Å². The van der Waals surface area contributed by atoms with E-state index in [9.17, 15) is 10.1 Å². The molecule has 0 fully saturated rings. The minimum atomic E-state index is -1.13. The van der Waals surface area contributed by atoms with E-state index in [-0.39, 0.29) is 0 Å². The van der Waals surface area contributed by atoms with Crippen molar-refractivity contribution in [3.63, 3.8) is 0 Å². The lowest BCUT2D eigenvalue weighted by molar-refractivity contribution is -0.141. The number of esters is 1. The Morgan fingerprint density at radius 2 is 1.45 bits per heavy atom. The fourth-order valence-electron chi connectivity index (χ4n) is 3.61. The Hall–Kier alpha value is -2.74. The van der Waals surface area contributed by atoms with Crippen LogP contribution in [-0.2, 0) is 11.2 Å². The number of unbranched alkanes of at least 4 members (excludes halogenated alkanes) is 9. The number of aromatic nitrogens is 2. The molecular weight excluding hydrogens is 410 g/mol. The van der Waals surface area contributed by atoms with Gasteiger partial charge in [0.05, 0.1) is 6.07 Å². The summed E-state index contributed by atoms with van der Waals surface area (Å²) in [6.45, 7) is 5.65. The highest BCUT2D eigenvalue weighted by atomic mass is 16.5. The highest BCUT2D eigenvalue weighted by Crippen LogP contribution is 2.25. The van der Waals surface area contributed by atoms with Crippen molar-refractivity contribution in [2.24, 2.45) is 5.41 Å². The lowest BCUT2D eigenvalue weighted by atomic mass is 9.90. The van der Waals surface area contributed by atoms with Gasteiger partial charge in [0.2, 0.25) is 0 Å². The molecule has 1 atom stereocenters. The van der Waals surface area contributed by atoms with Crippen molar-refractivity contribution < 1.29 is 9.53 Å². The van der Waals surface area contributed by atoms with Gasteiger partial charge in [0.25, 0.3) is 0 Å². The number of rotatable bonds is 15. The van der Waals surface area contributed by atoms with Crippen molar-refractivity contribution in [1.82, 2.24) is 9.97 Å². The number of ether oxygens (including phenoxy) is 1. The lowest BCUT2D eigenvalue weighted by Gasteiger charge is -2.17. The highest BCUT2D eigenvalue weighted by Gasteiger charge is 2.33. The first-order valence-corrected chi connectivity index (χ1v) is 12.6. The van der Waals surface area contributed by atoms with Crippen molar-refractivity contribution >= 4 is 5.97 Å². The fourth-order valence-corrected chi connectivity index (χ4v) is 3.61. The molecule has 0 aliphatic carbocycles. The minimum absolute atomic E-state index is 0.403. The molecule has 2 rings (SSSR count). The molecule has 0 saturated heterocycles. The van der Waals surface area contributed by atoms with Gasteiger partial charge in [0, 0.05) is 18.0 Å². The number of hydrogen-bond acceptors (Lipinski definition) is 5. The number of benzene rings is 1. The van der Waals surface area contributed by atoms with Gasteiger partial charge >= 0.3 is 5.97 Å². The maximum atomic E-state index is 12.2. The molecule has 0 bridgehead atoms. The number of nitrogens with zero attached hydrogens (tertiary/aromatic N) is 3. The summed E-state index contributed by atoms with van der Waals surface area (Å²) in [5.74, 6) is 0.527. The van der Waals surface area contributed by atoms with Gasteiger partial charge in [0.1, 0.15) is 5.75 Å². The van der Waals surface area contributed by atoms with Gasteiger partial charge < -0.3 is 4.74 Å². The fraction of sp³-hybridized carbons (Fsp3) is 0.571. The smallest absolute Gasteiger partial charge is 0.331 e. The average Bonchev–Trinajstić information content (AvgIpc) is 2.85. The Kier molecular flexibility index (Phi) is 11.6. The van der Waals surface area contributed by atoms with E-state index in [1.54, 1.807) is 26.0 Å². The van der Waals surface area contributed by atoms with Crippen LogP contribution in [0, 0.1) is 16.7 Å². The molecule has 5 nitrogen and oxygen atoms in total. The van der Waals surface area contributed by atoms with Crippen LogP contribution in [0.3, 0.4) is 0 Å². The molecule has 1 heterocycles. The molecule has 5 heteroatoms. The Bertz CT molecular complexity index is 872. The van der Waals surface area contributed by atoms with Crippen LogP contribution in [0.2, 0.25) is 0 Å².